The normalized spacial score (nSPS) is 12.0. The van der Waals surface area contributed by atoms with E-state index in [0.717, 1.165) is 0 Å². The number of carboxylic acid groups (broad SMARTS) is 1. The number of carbonyl (C=O) groups is 2. The standard InChI is InChI=1S/C9H16N2O3/c1-5(2)7(8(12)13)11-9(14)10-6(3)4/h5,7H,3H2,1-2,4H3,(H,12,13)(H2,10,11,14). The molecule has 0 aliphatic carbocycles. The van der Waals surface area contributed by atoms with E-state index in [9.17, 15) is 9.59 Å². The molecule has 14 heavy (non-hydrogen) atoms. The average molecular weight is 200 g/mol. The molecule has 1 unspecified atom stereocenters. The van der Waals surface area contributed by atoms with E-state index in [1.807, 2.05) is 0 Å². The Morgan fingerprint density at radius 1 is 1.36 bits per heavy atom. The summed E-state index contributed by atoms with van der Waals surface area (Å²) in [5.74, 6) is -1.21. The number of aliphatic carboxylic acids is 1. The summed E-state index contributed by atoms with van der Waals surface area (Å²) in [5, 5.41) is 13.5. The van der Waals surface area contributed by atoms with Crippen molar-refractivity contribution >= 4 is 12.0 Å². The number of allylic oxidation sites excluding steroid dienone is 1. The smallest absolute Gasteiger partial charge is 0.326 e. The Labute approximate surface area is 83.2 Å². The predicted octanol–water partition coefficient (Wildman–Crippen LogP) is 0.928. The second-order valence-corrected chi connectivity index (χ2v) is 3.44. The van der Waals surface area contributed by atoms with Crippen molar-refractivity contribution in [2.75, 3.05) is 0 Å². The number of hydrogen-bond donors (Lipinski definition) is 3. The summed E-state index contributed by atoms with van der Waals surface area (Å²) in [6.07, 6.45) is 0. The van der Waals surface area contributed by atoms with Crippen molar-refractivity contribution in [3.8, 4) is 0 Å². The highest BCUT2D eigenvalue weighted by Gasteiger charge is 2.22. The van der Waals surface area contributed by atoms with Gasteiger partial charge in [-0.3, -0.25) is 0 Å². The van der Waals surface area contributed by atoms with Gasteiger partial charge in [-0.05, 0) is 12.8 Å². The molecule has 0 aromatic heterocycles. The largest absolute Gasteiger partial charge is 0.480 e. The minimum atomic E-state index is -1.04. The molecule has 1 atom stereocenters. The highest BCUT2D eigenvalue weighted by atomic mass is 16.4. The van der Waals surface area contributed by atoms with Crippen LogP contribution in [0.2, 0.25) is 0 Å². The maximum Gasteiger partial charge on any atom is 0.326 e. The number of carbonyl (C=O) groups excluding carboxylic acids is 1. The average Bonchev–Trinajstić information content (AvgIpc) is 1.97. The van der Waals surface area contributed by atoms with Gasteiger partial charge in [-0.25, -0.2) is 9.59 Å². The summed E-state index contributed by atoms with van der Waals surface area (Å²) >= 11 is 0. The molecule has 0 radical (unpaired) electrons. The Kier molecular flexibility index (Phi) is 4.69. The van der Waals surface area contributed by atoms with Gasteiger partial charge in [0, 0.05) is 5.70 Å². The van der Waals surface area contributed by atoms with Gasteiger partial charge in [0.1, 0.15) is 6.04 Å². The van der Waals surface area contributed by atoms with Gasteiger partial charge in [0.2, 0.25) is 0 Å². The van der Waals surface area contributed by atoms with Crippen LogP contribution in [0, 0.1) is 5.92 Å². The molecule has 0 bridgehead atoms. The van der Waals surface area contributed by atoms with Crippen LogP contribution in [-0.4, -0.2) is 23.1 Å². The molecule has 0 spiro atoms. The van der Waals surface area contributed by atoms with Crippen LogP contribution in [-0.2, 0) is 4.79 Å². The van der Waals surface area contributed by atoms with Crippen molar-refractivity contribution in [2.45, 2.75) is 26.8 Å². The molecule has 0 aromatic rings. The molecule has 0 fully saturated rings. The molecule has 0 aliphatic heterocycles. The maximum atomic E-state index is 11.1. The fourth-order valence-electron chi connectivity index (χ4n) is 0.885. The van der Waals surface area contributed by atoms with Crippen LogP contribution < -0.4 is 10.6 Å². The summed E-state index contributed by atoms with van der Waals surface area (Å²) in [5.41, 5.74) is 0.468. The maximum absolute atomic E-state index is 11.1. The zero-order chi connectivity index (χ0) is 11.3. The molecule has 80 valence electrons. The Balaban J connectivity index is 4.24. The molecule has 0 saturated carbocycles. The van der Waals surface area contributed by atoms with Crippen molar-refractivity contribution in [1.82, 2.24) is 10.6 Å². The molecule has 0 heterocycles. The Hall–Kier alpha value is -1.52. The number of rotatable bonds is 4. The van der Waals surface area contributed by atoms with Gasteiger partial charge in [0.25, 0.3) is 0 Å². The zero-order valence-corrected chi connectivity index (χ0v) is 8.63. The van der Waals surface area contributed by atoms with Crippen LogP contribution in [0.1, 0.15) is 20.8 Å². The summed E-state index contributed by atoms with van der Waals surface area (Å²) in [7, 11) is 0. The van der Waals surface area contributed by atoms with E-state index in [4.69, 9.17) is 5.11 Å². The SMILES string of the molecule is C=C(C)NC(=O)NC(C(=O)O)C(C)C. The van der Waals surface area contributed by atoms with Gasteiger partial charge in [0.15, 0.2) is 0 Å². The summed E-state index contributed by atoms with van der Waals surface area (Å²) in [6.45, 7) is 8.53. The molecule has 5 nitrogen and oxygen atoms in total. The Morgan fingerprint density at radius 3 is 2.14 bits per heavy atom. The van der Waals surface area contributed by atoms with Crippen LogP contribution >= 0.6 is 0 Å². The van der Waals surface area contributed by atoms with Gasteiger partial charge in [-0.1, -0.05) is 20.4 Å². The lowest BCUT2D eigenvalue weighted by molar-refractivity contribution is -0.140. The van der Waals surface area contributed by atoms with E-state index in [-0.39, 0.29) is 5.92 Å². The molecule has 0 aromatic carbocycles. The van der Waals surface area contributed by atoms with Gasteiger partial charge in [0.05, 0.1) is 0 Å². The molecule has 0 rings (SSSR count). The number of amides is 2. The van der Waals surface area contributed by atoms with E-state index in [2.05, 4.69) is 17.2 Å². The highest BCUT2D eigenvalue weighted by Crippen LogP contribution is 2.01. The van der Waals surface area contributed by atoms with Crippen molar-refractivity contribution in [3.63, 3.8) is 0 Å². The third-order valence-corrected chi connectivity index (χ3v) is 1.55. The van der Waals surface area contributed by atoms with Crippen LogP contribution in [0.25, 0.3) is 0 Å². The molecule has 3 N–H and O–H groups in total. The monoisotopic (exact) mass is 200 g/mol. The topological polar surface area (TPSA) is 78.4 Å². The molecule has 0 aliphatic rings. The fourth-order valence-corrected chi connectivity index (χ4v) is 0.885. The van der Waals surface area contributed by atoms with Crippen molar-refractivity contribution in [3.05, 3.63) is 12.3 Å². The van der Waals surface area contributed by atoms with E-state index < -0.39 is 18.0 Å². The third-order valence-electron chi connectivity index (χ3n) is 1.55. The van der Waals surface area contributed by atoms with Gasteiger partial charge in [-0.2, -0.15) is 0 Å². The lowest BCUT2D eigenvalue weighted by Crippen LogP contribution is -2.48. The lowest BCUT2D eigenvalue weighted by Gasteiger charge is -2.18. The van der Waals surface area contributed by atoms with Gasteiger partial charge < -0.3 is 15.7 Å². The second kappa shape index (κ2) is 5.26. The molecular weight excluding hydrogens is 184 g/mol. The number of carboxylic acids is 1. The van der Waals surface area contributed by atoms with Crippen LogP contribution in [0.3, 0.4) is 0 Å². The quantitative estimate of drug-likeness (QED) is 0.631. The van der Waals surface area contributed by atoms with E-state index in [1.165, 1.54) is 0 Å². The molecule has 0 saturated heterocycles. The van der Waals surface area contributed by atoms with E-state index in [1.54, 1.807) is 20.8 Å². The lowest BCUT2D eigenvalue weighted by atomic mass is 10.1. The van der Waals surface area contributed by atoms with Crippen molar-refractivity contribution in [1.29, 1.82) is 0 Å². The van der Waals surface area contributed by atoms with E-state index >= 15 is 0 Å². The molecule has 2 amide bonds. The first kappa shape index (κ1) is 12.5. The summed E-state index contributed by atoms with van der Waals surface area (Å²) < 4.78 is 0. The van der Waals surface area contributed by atoms with Gasteiger partial charge in [-0.15, -0.1) is 0 Å². The predicted molar refractivity (Wildman–Crippen MR) is 52.7 cm³/mol. The minimum Gasteiger partial charge on any atom is -0.480 e. The van der Waals surface area contributed by atoms with Crippen LogP contribution in [0.4, 0.5) is 4.79 Å². The van der Waals surface area contributed by atoms with Gasteiger partial charge >= 0.3 is 12.0 Å². The molecular formula is C9H16N2O3. The summed E-state index contributed by atoms with van der Waals surface area (Å²) in [6, 6.07) is -1.42. The third kappa shape index (κ3) is 4.49. The minimum absolute atomic E-state index is 0.164. The Morgan fingerprint density at radius 2 is 1.86 bits per heavy atom. The highest BCUT2D eigenvalue weighted by molar-refractivity contribution is 5.83. The summed E-state index contributed by atoms with van der Waals surface area (Å²) in [4.78, 5) is 21.8. The van der Waals surface area contributed by atoms with Crippen LogP contribution in [0.5, 0.6) is 0 Å². The first-order valence-corrected chi connectivity index (χ1v) is 4.30. The van der Waals surface area contributed by atoms with Crippen LogP contribution in [0.15, 0.2) is 12.3 Å². The first-order chi connectivity index (χ1) is 6.34. The number of hydrogen-bond acceptors (Lipinski definition) is 2. The van der Waals surface area contributed by atoms with Crippen molar-refractivity contribution in [2.24, 2.45) is 5.92 Å². The second-order valence-electron chi connectivity index (χ2n) is 3.44. The number of urea groups is 1. The fraction of sp³-hybridized carbons (Fsp3) is 0.556. The Bertz CT molecular complexity index is 248. The zero-order valence-electron chi connectivity index (χ0n) is 8.63. The van der Waals surface area contributed by atoms with E-state index in [0.29, 0.717) is 5.70 Å². The van der Waals surface area contributed by atoms with Crippen molar-refractivity contribution < 1.29 is 14.7 Å². The first-order valence-electron chi connectivity index (χ1n) is 4.30. The number of nitrogens with one attached hydrogen (secondary N) is 2. The molecule has 5 heteroatoms.